The van der Waals surface area contributed by atoms with Crippen molar-refractivity contribution < 1.29 is 4.79 Å². The van der Waals surface area contributed by atoms with Gasteiger partial charge in [0.05, 0.1) is 0 Å². The van der Waals surface area contributed by atoms with Crippen LogP contribution in [0.1, 0.15) is 55.3 Å². The van der Waals surface area contributed by atoms with Crippen LogP contribution >= 0.6 is 12.2 Å². The summed E-state index contributed by atoms with van der Waals surface area (Å²) in [4.78, 5) is 17.0. The first-order chi connectivity index (χ1) is 13.2. The zero-order valence-corrected chi connectivity index (χ0v) is 17.0. The maximum Gasteiger partial charge on any atom is 0.253 e. The Balaban J connectivity index is 1.37. The van der Waals surface area contributed by atoms with Crippen molar-refractivity contribution in [1.82, 2.24) is 15.1 Å². The molecule has 2 aliphatic heterocycles. The van der Waals surface area contributed by atoms with Crippen molar-refractivity contribution in [2.75, 3.05) is 44.6 Å². The van der Waals surface area contributed by atoms with Crippen molar-refractivity contribution in [2.24, 2.45) is 0 Å². The Kier molecular flexibility index (Phi) is 7.90. The molecule has 0 spiro atoms. The zero-order chi connectivity index (χ0) is 18.9. The number of hydrogen-bond donors (Lipinski definition) is 2. The number of nitrogens with zero attached hydrogens (tertiary/aromatic N) is 2. The molecule has 6 heteroatoms. The minimum Gasteiger partial charge on any atom is -0.362 e. The Bertz CT molecular complexity index is 607. The Morgan fingerprint density at radius 1 is 0.926 bits per heavy atom. The highest BCUT2D eigenvalue weighted by Gasteiger charge is 2.17. The van der Waals surface area contributed by atoms with E-state index in [1.165, 1.54) is 38.8 Å². The number of carbonyl (C=O) groups excluding carboxylic acids is 1. The molecule has 2 heterocycles. The normalized spacial score (nSPS) is 18.1. The molecule has 0 atom stereocenters. The van der Waals surface area contributed by atoms with Gasteiger partial charge < -0.3 is 20.4 Å². The highest BCUT2D eigenvalue weighted by Crippen LogP contribution is 2.15. The summed E-state index contributed by atoms with van der Waals surface area (Å²) in [6.45, 7) is 6.27. The van der Waals surface area contributed by atoms with Crippen LogP contribution < -0.4 is 10.6 Å². The Hall–Kier alpha value is -1.66. The number of rotatable bonds is 6. The van der Waals surface area contributed by atoms with E-state index in [1.807, 2.05) is 29.2 Å². The van der Waals surface area contributed by atoms with Crippen molar-refractivity contribution >= 4 is 28.9 Å². The fourth-order valence-corrected chi connectivity index (χ4v) is 4.06. The summed E-state index contributed by atoms with van der Waals surface area (Å²) in [6, 6.07) is 7.63. The highest BCUT2D eigenvalue weighted by atomic mass is 32.1. The predicted molar refractivity (Wildman–Crippen MR) is 115 cm³/mol. The molecule has 2 fully saturated rings. The van der Waals surface area contributed by atoms with Crippen LogP contribution in [0, 0.1) is 0 Å². The van der Waals surface area contributed by atoms with E-state index < -0.39 is 0 Å². The second kappa shape index (κ2) is 10.6. The number of benzene rings is 1. The van der Waals surface area contributed by atoms with Crippen molar-refractivity contribution in [3.05, 3.63) is 29.8 Å². The molecule has 0 aromatic heterocycles. The number of hydrogen-bond acceptors (Lipinski definition) is 3. The third-order valence-corrected chi connectivity index (χ3v) is 5.66. The largest absolute Gasteiger partial charge is 0.362 e. The monoisotopic (exact) mass is 388 g/mol. The lowest BCUT2D eigenvalue weighted by atomic mass is 10.1. The highest BCUT2D eigenvalue weighted by molar-refractivity contribution is 7.80. The van der Waals surface area contributed by atoms with Crippen molar-refractivity contribution in [3.8, 4) is 0 Å². The van der Waals surface area contributed by atoms with Crippen LogP contribution in [0.2, 0.25) is 0 Å². The Morgan fingerprint density at radius 2 is 1.56 bits per heavy atom. The molecule has 0 aliphatic carbocycles. The van der Waals surface area contributed by atoms with Gasteiger partial charge in [-0.1, -0.05) is 6.42 Å². The molecule has 27 heavy (non-hydrogen) atoms. The van der Waals surface area contributed by atoms with E-state index in [9.17, 15) is 4.79 Å². The third kappa shape index (κ3) is 6.47. The summed E-state index contributed by atoms with van der Waals surface area (Å²) in [5.74, 6) is 0.139. The van der Waals surface area contributed by atoms with E-state index >= 15 is 0 Å². The molecule has 0 saturated carbocycles. The molecule has 0 bridgehead atoms. The quantitative estimate of drug-likeness (QED) is 0.577. The van der Waals surface area contributed by atoms with E-state index in [4.69, 9.17) is 12.2 Å². The van der Waals surface area contributed by atoms with Crippen LogP contribution in [0.4, 0.5) is 5.69 Å². The number of thiocarbonyl (C=S) groups is 1. The van der Waals surface area contributed by atoms with Gasteiger partial charge in [-0.3, -0.25) is 4.79 Å². The van der Waals surface area contributed by atoms with Crippen LogP contribution in [0.25, 0.3) is 0 Å². The number of carbonyl (C=O) groups is 1. The standard InChI is InChI=1S/C21H32N4OS/c26-20(25-16-5-2-6-17-25)18-8-10-19(11-9-18)23-21(27)22-12-7-15-24-13-3-1-4-14-24/h8-11H,1-7,12-17H2,(H2,22,23,27). The van der Waals surface area contributed by atoms with E-state index in [1.54, 1.807) is 0 Å². The molecule has 5 nitrogen and oxygen atoms in total. The molecule has 0 radical (unpaired) electrons. The summed E-state index contributed by atoms with van der Waals surface area (Å²) in [6.07, 6.45) is 8.62. The van der Waals surface area contributed by atoms with E-state index in [0.29, 0.717) is 5.11 Å². The maximum absolute atomic E-state index is 12.5. The first-order valence-corrected chi connectivity index (χ1v) is 10.8. The van der Waals surface area contributed by atoms with Gasteiger partial charge in [-0.05, 0) is 94.6 Å². The lowest BCUT2D eigenvalue weighted by Gasteiger charge is -2.26. The van der Waals surface area contributed by atoms with Gasteiger partial charge in [-0.25, -0.2) is 0 Å². The van der Waals surface area contributed by atoms with Crippen LogP contribution in [0.3, 0.4) is 0 Å². The molecule has 1 aromatic rings. The number of piperidine rings is 2. The molecule has 2 N–H and O–H groups in total. The van der Waals surface area contributed by atoms with Gasteiger partial charge in [-0.15, -0.1) is 0 Å². The number of likely N-dealkylation sites (tertiary alicyclic amines) is 2. The molecule has 2 saturated heterocycles. The van der Waals surface area contributed by atoms with Gasteiger partial charge in [0.1, 0.15) is 0 Å². The summed E-state index contributed by atoms with van der Waals surface area (Å²) < 4.78 is 0. The first kappa shape index (κ1) is 20.1. The fraction of sp³-hybridized carbons (Fsp3) is 0.619. The summed E-state index contributed by atoms with van der Waals surface area (Å²) in [5.41, 5.74) is 1.67. The number of nitrogens with one attached hydrogen (secondary N) is 2. The molecule has 0 unspecified atom stereocenters. The molecular formula is C21H32N4OS. The lowest BCUT2D eigenvalue weighted by molar-refractivity contribution is 0.0724. The Morgan fingerprint density at radius 3 is 2.22 bits per heavy atom. The van der Waals surface area contributed by atoms with E-state index in [0.717, 1.165) is 56.7 Å². The molecule has 1 aromatic carbocycles. The first-order valence-electron chi connectivity index (χ1n) is 10.4. The second-order valence-electron chi connectivity index (χ2n) is 7.57. The van der Waals surface area contributed by atoms with Gasteiger partial charge in [0.15, 0.2) is 5.11 Å². The molecule has 1 amide bonds. The topological polar surface area (TPSA) is 47.6 Å². The van der Waals surface area contributed by atoms with Gasteiger partial charge in [0.2, 0.25) is 0 Å². The maximum atomic E-state index is 12.5. The van der Waals surface area contributed by atoms with Gasteiger partial charge in [-0.2, -0.15) is 0 Å². The van der Waals surface area contributed by atoms with Gasteiger partial charge in [0, 0.05) is 30.9 Å². The van der Waals surface area contributed by atoms with Crippen LogP contribution in [0.15, 0.2) is 24.3 Å². The zero-order valence-electron chi connectivity index (χ0n) is 16.2. The number of amides is 1. The third-order valence-electron chi connectivity index (χ3n) is 5.42. The Labute approximate surface area is 168 Å². The minimum atomic E-state index is 0.139. The smallest absolute Gasteiger partial charge is 0.253 e. The van der Waals surface area contributed by atoms with Crippen LogP contribution in [0.5, 0.6) is 0 Å². The number of anilines is 1. The van der Waals surface area contributed by atoms with Crippen molar-refractivity contribution in [1.29, 1.82) is 0 Å². The molecule has 148 valence electrons. The molecule has 3 rings (SSSR count). The summed E-state index contributed by atoms with van der Waals surface area (Å²) in [7, 11) is 0. The van der Waals surface area contributed by atoms with Crippen LogP contribution in [-0.4, -0.2) is 60.1 Å². The van der Waals surface area contributed by atoms with Crippen molar-refractivity contribution in [3.63, 3.8) is 0 Å². The van der Waals surface area contributed by atoms with Gasteiger partial charge >= 0.3 is 0 Å². The fourth-order valence-electron chi connectivity index (χ4n) is 3.84. The summed E-state index contributed by atoms with van der Waals surface area (Å²) in [5, 5.41) is 7.13. The summed E-state index contributed by atoms with van der Waals surface area (Å²) >= 11 is 5.38. The van der Waals surface area contributed by atoms with E-state index in [2.05, 4.69) is 15.5 Å². The molecule has 2 aliphatic rings. The predicted octanol–water partition coefficient (Wildman–Crippen LogP) is 3.48. The average molecular weight is 389 g/mol. The van der Waals surface area contributed by atoms with Crippen LogP contribution in [-0.2, 0) is 0 Å². The van der Waals surface area contributed by atoms with Crippen molar-refractivity contribution in [2.45, 2.75) is 44.9 Å². The molecular weight excluding hydrogens is 356 g/mol. The van der Waals surface area contributed by atoms with Gasteiger partial charge in [0.25, 0.3) is 5.91 Å². The lowest BCUT2D eigenvalue weighted by Crippen LogP contribution is -2.35. The average Bonchev–Trinajstić information content (AvgIpc) is 2.73. The second-order valence-corrected chi connectivity index (χ2v) is 7.98. The SMILES string of the molecule is O=C(c1ccc(NC(=S)NCCCN2CCCCC2)cc1)N1CCCCC1. The van der Waals surface area contributed by atoms with E-state index in [-0.39, 0.29) is 5.91 Å². The minimum absolute atomic E-state index is 0.139.